The third kappa shape index (κ3) is 5.98. The van der Waals surface area contributed by atoms with E-state index in [0.717, 1.165) is 25.6 Å². The van der Waals surface area contributed by atoms with Crippen molar-refractivity contribution in [2.75, 3.05) is 20.1 Å². The summed E-state index contributed by atoms with van der Waals surface area (Å²) in [5.74, 6) is 0.792. The van der Waals surface area contributed by atoms with E-state index in [4.69, 9.17) is 0 Å². The maximum atomic E-state index is 3.46. The maximum absolute atomic E-state index is 3.46. The van der Waals surface area contributed by atoms with Gasteiger partial charge in [0.05, 0.1) is 0 Å². The van der Waals surface area contributed by atoms with Gasteiger partial charge < -0.3 is 10.2 Å². The molecule has 0 aromatic carbocycles. The van der Waals surface area contributed by atoms with Gasteiger partial charge in [0, 0.05) is 29.4 Å². The summed E-state index contributed by atoms with van der Waals surface area (Å²) >= 11 is 1.94. The molecule has 0 saturated carbocycles. The van der Waals surface area contributed by atoms with Crippen LogP contribution in [0.3, 0.4) is 0 Å². The fourth-order valence-corrected chi connectivity index (χ4v) is 3.05. The van der Waals surface area contributed by atoms with E-state index < -0.39 is 0 Å². The van der Waals surface area contributed by atoms with Crippen LogP contribution >= 0.6 is 11.3 Å². The minimum absolute atomic E-state index is 0.792. The van der Waals surface area contributed by atoms with Crippen molar-refractivity contribution in [1.82, 2.24) is 10.2 Å². The van der Waals surface area contributed by atoms with Gasteiger partial charge in [0.2, 0.25) is 0 Å². The van der Waals surface area contributed by atoms with Crippen molar-refractivity contribution < 1.29 is 0 Å². The lowest BCUT2D eigenvalue weighted by Crippen LogP contribution is -2.23. The second-order valence-electron chi connectivity index (χ2n) is 5.25. The molecule has 1 aromatic heterocycles. The predicted octanol–water partition coefficient (Wildman–Crippen LogP) is 3.73. The molecular formula is C15H28N2S. The minimum atomic E-state index is 0.792. The van der Waals surface area contributed by atoms with Gasteiger partial charge in [0.25, 0.3) is 0 Å². The Bertz CT molecular complexity index is 322. The highest BCUT2D eigenvalue weighted by Gasteiger charge is 2.07. The monoisotopic (exact) mass is 268 g/mol. The van der Waals surface area contributed by atoms with Crippen molar-refractivity contribution in [2.24, 2.45) is 5.92 Å². The molecule has 1 atom stereocenters. The Kier molecular flexibility index (Phi) is 7.56. The second-order valence-corrected chi connectivity index (χ2v) is 6.51. The van der Waals surface area contributed by atoms with Crippen molar-refractivity contribution in [3.8, 4) is 0 Å². The molecule has 1 heterocycles. The van der Waals surface area contributed by atoms with Crippen molar-refractivity contribution in [3.63, 3.8) is 0 Å². The highest BCUT2D eigenvalue weighted by atomic mass is 32.1. The molecule has 104 valence electrons. The van der Waals surface area contributed by atoms with Gasteiger partial charge in [-0.05, 0) is 38.1 Å². The van der Waals surface area contributed by atoms with Crippen LogP contribution in [0.15, 0.2) is 12.1 Å². The van der Waals surface area contributed by atoms with Crippen molar-refractivity contribution >= 4 is 11.3 Å². The van der Waals surface area contributed by atoms with Crippen LogP contribution < -0.4 is 5.32 Å². The minimum Gasteiger partial charge on any atom is -0.312 e. The van der Waals surface area contributed by atoms with Crippen LogP contribution in [0.4, 0.5) is 0 Å². The molecule has 1 rings (SSSR count). The molecule has 0 aliphatic carbocycles. The van der Waals surface area contributed by atoms with E-state index in [2.05, 4.69) is 50.2 Å². The molecule has 0 aliphatic heterocycles. The van der Waals surface area contributed by atoms with Crippen molar-refractivity contribution in [1.29, 1.82) is 0 Å². The summed E-state index contributed by atoms with van der Waals surface area (Å²) in [6.45, 7) is 11.2. The molecule has 2 nitrogen and oxygen atoms in total. The van der Waals surface area contributed by atoms with Crippen LogP contribution in [0.1, 0.15) is 43.4 Å². The predicted molar refractivity (Wildman–Crippen MR) is 82.1 cm³/mol. The molecule has 1 aromatic rings. The van der Waals surface area contributed by atoms with Gasteiger partial charge in [-0.2, -0.15) is 0 Å². The van der Waals surface area contributed by atoms with Gasteiger partial charge in [0.1, 0.15) is 0 Å². The average Bonchev–Trinajstić information content (AvgIpc) is 2.76. The first-order valence-electron chi connectivity index (χ1n) is 7.12. The van der Waals surface area contributed by atoms with Crippen LogP contribution in [0, 0.1) is 5.92 Å². The zero-order valence-electron chi connectivity index (χ0n) is 12.3. The molecule has 1 N–H and O–H groups in total. The molecule has 1 unspecified atom stereocenters. The fraction of sp³-hybridized carbons (Fsp3) is 0.733. The first-order chi connectivity index (χ1) is 8.65. The summed E-state index contributed by atoms with van der Waals surface area (Å²) in [5, 5.41) is 3.46. The maximum Gasteiger partial charge on any atom is 0.0325 e. The molecule has 0 aliphatic rings. The standard InChI is InChI=1S/C15H28N2S/c1-5-9-16-10-14-7-8-15(18-14)12-17(4)11-13(3)6-2/h7-8,13,16H,5-6,9-12H2,1-4H3. The summed E-state index contributed by atoms with van der Waals surface area (Å²) in [7, 11) is 2.22. The SMILES string of the molecule is CCCNCc1ccc(CN(C)CC(C)CC)s1. The molecule has 0 spiro atoms. The zero-order valence-corrected chi connectivity index (χ0v) is 13.1. The van der Waals surface area contributed by atoms with E-state index in [9.17, 15) is 0 Å². The fourth-order valence-electron chi connectivity index (χ4n) is 1.98. The van der Waals surface area contributed by atoms with Crippen LogP contribution in [-0.4, -0.2) is 25.0 Å². The molecule has 0 bridgehead atoms. The first-order valence-corrected chi connectivity index (χ1v) is 7.94. The van der Waals surface area contributed by atoms with E-state index in [1.165, 1.54) is 29.1 Å². The summed E-state index contributed by atoms with van der Waals surface area (Å²) in [4.78, 5) is 5.37. The third-order valence-electron chi connectivity index (χ3n) is 3.19. The quantitative estimate of drug-likeness (QED) is 0.687. The smallest absolute Gasteiger partial charge is 0.0325 e. The van der Waals surface area contributed by atoms with E-state index in [-0.39, 0.29) is 0 Å². The number of hydrogen-bond donors (Lipinski definition) is 1. The van der Waals surface area contributed by atoms with E-state index in [1.807, 2.05) is 11.3 Å². The summed E-state index contributed by atoms with van der Waals surface area (Å²) < 4.78 is 0. The normalized spacial score (nSPS) is 13.2. The lowest BCUT2D eigenvalue weighted by molar-refractivity contribution is 0.277. The molecule has 3 heteroatoms. The Morgan fingerprint density at radius 1 is 1.28 bits per heavy atom. The van der Waals surface area contributed by atoms with E-state index >= 15 is 0 Å². The summed E-state index contributed by atoms with van der Waals surface area (Å²) in [6, 6.07) is 4.54. The van der Waals surface area contributed by atoms with Crippen molar-refractivity contribution in [2.45, 2.75) is 46.7 Å². The van der Waals surface area contributed by atoms with Gasteiger partial charge in [-0.1, -0.05) is 27.2 Å². The summed E-state index contributed by atoms with van der Waals surface area (Å²) in [5.41, 5.74) is 0. The van der Waals surface area contributed by atoms with Gasteiger partial charge in [-0.25, -0.2) is 0 Å². The average molecular weight is 268 g/mol. The van der Waals surface area contributed by atoms with Crippen LogP contribution in [0.25, 0.3) is 0 Å². The Morgan fingerprint density at radius 2 is 2.00 bits per heavy atom. The number of rotatable bonds is 9. The molecule has 18 heavy (non-hydrogen) atoms. The number of nitrogens with zero attached hydrogens (tertiary/aromatic N) is 1. The number of nitrogens with one attached hydrogen (secondary N) is 1. The van der Waals surface area contributed by atoms with E-state index in [1.54, 1.807) is 0 Å². The largest absolute Gasteiger partial charge is 0.312 e. The van der Waals surface area contributed by atoms with Gasteiger partial charge in [-0.3, -0.25) is 0 Å². The van der Waals surface area contributed by atoms with Gasteiger partial charge in [-0.15, -0.1) is 11.3 Å². The Balaban J connectivity index is 2.34. The van der Waals surface area contributed by atoms with E-state index in [0.29, 0.717) is 0 Å². The van der Waals surface area contributed by atoms with Gasteiger partial charge in [0.15, 0.2) is 0 Å². The number of thiophene rings is 1. The molecule has 0 saturated heterocycles. The third-order valence-corrected chi connectivity index (χ3v) is 4.26. The summed E-state index contributed by atoms with van der Waals surface area (Å²) in [6.07, 6.45) is 2.47. The van der Waals surface area contributed by atoms with Crippen LogP contribution in [0.5, 0.6) is 0 Å². The highest BCUT2D eigenvalue weighted by Crippen LogP contribution is 2.18. The van der Waals surface area contributed by atoms with Crippen LogP contribution in [0.2, 0.25) is 0 Å². The Hall–Kier alpha value is -0.380. The van der Waals surface area contributed by atoms with Crippen LogP contribution in [-0.2, 0) is 13.1 Å². The topological polar surface area (TPSA) is 15.3 Å². The second kappa shape index (κ2) is 8.68. The molecule has 0 amide bonds. The van der Waals surface area contributed by atoms with Gasteiger partial charge >= 0.3 is 0 Å². The lowest BCUT2D eigenvalue weighted by Gasteiger charge is -2.19. The molecule has 0 radical (unpaired) electrons. The molecular weight excluding hydrogens is 240 g/mol. The Labute approximate surface area is 116 Å². The lowest BCUT2D eigenvalue weighted by atomic mass is 10.1. The first kappa shape index (κ1) is 15.7. The highest BCUT2D eigenvalue weighted by molar-refractivity contribution is 7.11. The van der Waals surface area contributed by atoms with Crippen molar-refractivity contribution in [3.05, 3.63) is 21.9 Å². The molecule has 0 fully saturated rings. The Morgan fingerprint density at radius 3 is 2.67 bits per heavy atom. The number of hydrogen-bond acceptors (Lipinski definition) is 3. The zero-order chi connectivity index (χ0) is 13.4.